The summed E-state index contributed by atoms with van der Waals surface area (Å²) in [4.78, 5) is 0.352. The van der Waals surface area contributed by atoms with Gasteiger partial charge >= 0.3 is 0 Å². The van der Waals surface area contributed by atoms with E-state index in [9.17, 15) is 8.42 Å². The first-order valence-corrected chi connectivity index (χ1v) is 9.81. The van der Waals surface area contributed by atoms with Gasteiger partial charge in [-0.3, -0.25) is 0 Å². The average Bonchev–Trinajstić information content (AvgIpc) is 3.14. The Labute approximate surface area is 143 Å². The first kappa shape index (κ1) is 17.2. The van der Waals surface area contributed by atoms with Crippen molar-refractivity contribution < 1.29 is 12.9 Å². The van der Waals surface area contributed by atoms with E-state index in [0.717, 1.165) is 29.7 Å². The number of hydrogen-bond donors (Lipinski definition) is 0. The summed E-state index contributed by atoms with van der Waals surface area (Å²) in [5.74, 6) is 1.08. The van der Waals surface area contributed by atoms with Gasteiger partial charge in [-0.2, -0.15) is 4.31 Å². The lowest BCUT2D eigenvalue weighted by Gasteiger charge is -2.24. The molecule has 0 N–H and O–H groups in total. The molecule has 1 aliphatic heterocycles. The first-order chi connectivity index (χ1) is 11.3. The molecule has 2 aromatic rings. The van der Waals surface area contributed by atoms with Gasteiger partial charge in [0.25, 0.3) is 0 Å². The maximum atomic E-state index is 13.1. The number of aromatic nitrogens is 1. The molecule has 0 aliphatic carbocycles. The summed E-state index contributed by atoms with van der Waals surface area (Å²) in [7, 11) is -3.53. The molecule has 5 nitrogen and oxygen atoms in total. The molecule has 2 heterocycles. The molecule has 1 fully saturated rings. The molecule has 0 amide bonds. The van der Waals surface area contributed by atoms with Crippen molar-refractivity contribution in [2.24, 2.45) is 0 Å². The zero-order chi connectivity index (χ0) is 17.5. The van der Waals surface area contributed by atoms with Crippen LogP contribution in [0.3, 0.4) is 0 Å². The minimum Gasteiger partial charge on any atom is -0.361 e. The molecule has 1 aromatic heterocycles. The van der Waals surface area contributed by atoms with E-state index in [0.29, 0.717) is 23.1 Å². The average molecular weight is 348 g/mol. The number of rotatable bonds is 4. The van der Waals surface area contributed by atoms with E-state index < -0.39 is 10.0 Å². The Balaban J connectivity index is 1.96. The summed E-state index contributed by atoms with van der Waals surface area (Å²) >= 11 is 0. The molecular weight excluding hydrogens is 324 g/mol. The fraction of sp³-hybridized carbons (Fsp3) is 0.500. The third kappa shape index (κ3) is 2.89. The second kappa shape index (κ2) is 6.33. The van der Waals surface area contributed by atoms with Crippen molar-refractivity contribution in [1.29, 1.82) is 0 Å². The van der Waals surface area contributed by atoms with Crippen LogP contribution in [0.25, 0.3) is 0 Å². The van der Waals surface area contributed by atoms with Crippen molar-refractivity contribution in [2.45, 2.75) is 57.4 Å². The highest BCUT2D eigenvalue weighted by Gasteiger charge is 2.38. The van der Waals surface area contributed by atoms with Crippen LogP contribution in [0.4, 0.5) is 0 Å². The van der Waals surface area contributed by atoms with E-state index in [1.807, 2.05) is 26.0 Å². The minimum atomic E-state index is -3.53. The van der Waals surface area contributed by atoms with Crippen molar-refractivity contribution in [1.82, 2.24) is 9.46 Å². The fourth-order valence-corrected chi connectivity index (χ4v) is 5.11. The number of nitrogens with zero attached hydrogens (tertiary/aromatic N) is 2. The predicted molar refractivity (Wildman–Crippen MR) is 92.4 cm³/mol. The number of sulfonamides is 1. The van der Waals surface area contributed by atoms with Crippen molar-refractivity contribution >= 4 is 10.0 Å². The third-order valence-corrected chi connectivity index (χ3v) is 6.70. The summed E-state index contributed by atoms with van der Waals surface area (Å²) in [6.07, 6.45) is 1.64. The highest BCUT2D eigenvalue weighted by molar-refractivity contribution is 7.89. The largest absolute Gasteiger partial charge is 0.361 e. The van der Waals surface area contributed by atoms with Crippen molar-refractivity contribution in [3.8, 4) is 0 Å². The molecule has 1 aromatic carbocycles. The van der Waals surface area contributed by atoms with E-state index >= 15 is 0 Å². The smallest absolute Gasteiger partial charge is 0.243 e. The zero-order valence-corrected chi connectivity index (χ0v) is 15.4. The summed E-state index contributed by atoms with van der Waals surface area (Å²) in [6.45, 7) is 8.43. The Morgan fingerprint density at radius 3 is 2.42 bits per heavy atom. The maximum absolute atomic E-state index is 13.1. The molecule has 130 valence electrons. The zero-order valence-electron chi connectivity index (χ0n) is 14.6. The topological polar surface area (TPSA) is 63.4 Å². The van der Waals surface area contributed by atoms with Crippen LogP contribution in [-0.4, -0.2) is 24.4 Å². The van der Waals surface area contributed by atoms with E-state index in [-0.39, 0.29) is 6.04 Å². The van der Waals surface area contributed by atoms with Gasteiger partial charge in [0.1, 0.15) is 5.76 Å². The van der Waals surface area contributed by atoms with Crippen LogP contribution in [0.2, 0.25) is 0 Å². The summed E-state index contributed by atoms with van der Waals surface area (Å²) in [5.41, 5.74) is 2.82. The van der Waals surface area contributed by atoms with Crippen LogP contribution in [0.15, 0.2) is 33.7 Å². The van der Waals surface area contributed by atoms with Gasteiger partial charge in [-0.15, -0.1) is 0 Å². The summed E-state index contributed by atoms with van der Waals surface area (Å²) < 4.78 is 33.1. The fourth-order valence-electron chi connectivity index (χ4n) is 3.44. The lowest BCUT2D eigenvalue weighted by Crippen LogP contribution is -2.31. The van der Waals surface area contributed by atoms with Crippen molar-refractivity contribution in [3.63, 3.8) is 0 Å². The molecule has 0 bridgehead atoms. The first-order valence-electron chi connectivity index (χ1n) is 8.37. The summed E-state index contributed by atoms with van der Waals surface area (Å²) in [6, 6.07) is 7.05. The van der Waals surface area contributed by atoms with Crippen LogP contribution < -0.4 is 0 Å². The van der Waals surface area contributed by atoms with Crippen LogP contribution >= 0.6 is 0 Å². The van der Waals surface area contributed by atoms with Crippen LogP contribution in [-0.2, 0) is 10.0 Å². The Morgan fingerprint density at radius 2 is 1.88 bits per heavy atom. The lowest BCUT2D eigenvalue weighted by atomic mass is 10.0. The molecule has 1 saturated heterocycles. The molecule has 0 spiro atoms. The molecule has 3 rings (SSSR count). The molecule has 0 radical (unpaired) electrons. The summed E-state index contributed by atoms with van der Waals surface area (Å²) in [5, 5.41) is 3.98. The Bertz CT molecular complexity index is 803. The normalized spacial score (nSPS) is 19.3. The highest BCUT2D eigenvalue weighted by Crippen LogP contribution is 2.39. The molecular formula is C18H24N2O3S. The second-order valence-electron chi connectivity index (χ2n) is 6.74. The third-order valence-electron chi connectivity index (χ3n) is 4.78. The van der Waals surface area contributed by atoms with Crippen molar-refractivity contribution in [3.05, 3.63) is 46.8 Å². The van der Waals surface area contributed by atoms with Gasteiger partial charge < -0.3 is 4.52 Å². The monoisotopic (exact) mass is 348 g/mol. The van der Waals surface area contributed by atoms with Gasteiger partial charge in [0, 0.05) is 12.1 Å². The lowest BCUT2D eigenvalue weighted by molar-refractivity contribution is 0.376. The maximum Gasteiger partial charge on any atom is 0.243 e. The minimum absolute atomic E-state index is 0.189. The quantitative estimate of drug-likeness (QED) is 0.839. The Hall–Kier alpha value is -1.66. The number of aryl methyl sites for hydroxylation is 2. The predicted octanol–water partition coefficient (Wildman–Crippen LogP) is 3.94. The second-order valence-corrected chi connectivity index (χ2v) is 8.63. The van der Waals surface area contributed by atoms with Crippen molar-refractivity contribution in [2.75, 3.05) is 6.54 Å². The van der Waals surface area contributed by atoms with E-state index in [1.165, 1.54) is 0 Å². The van der Waals surface area contributed by atoms with Gasteiger partial charge in [0.05, 0.1) is 16.6 Å². The molecule has 1 aliphatic rings. The van der Waals surface area contributed by atoms with E-state index in [1.54, 1.807) is 16.4 Å². The molecule has 6 heteroatoms. The van der Waals surface area contributed by atoms with E-state index in [4.69, 9.17) is 4.52 Å². The van der Waals surface area contributed by atoms with Gasteiger partial charge in [-0.05, 0) is 50.3 Å². The Kier molecular flexibility index (Phi) is 4.53. The highest BCUT2D eigenvalue weighted by atomic mass is 32.2. The van der Waals surface area contributed by atoms with Crippen LogP contribution in [0, 0.1) is 13.8 Å². The van der Waals surface area contributed by atoms with Crippen LogP contribution in [0.5, 0.6) is 0 Å². The number of benzene rings is 1. The van der Waals surface area contributed by atoms with Gasteiger partial charge in [-0.1, -0.05) is 31.1 Å². The molecule has 0 unspecified atom stereocenters. The standard InChI is InChI=1S/C18H24N2O3S/c1-12(2)15-7-9-16(10-8-15)24(21,22)20-11-5-6-17(20)18-13(3)19-23-14(18)4/h7-10,12,17H,5-6,11H2,1-4H3/t17-/m0/s1. The molecule has 0 saturated carbocycles. The van der Waals surface area contributed by atoms with E-state index in [2.05, 4.69) is 19.0 Å². The SMILES string of the molecule is Cc1noc(C)c1[C@@H]1CCCN1S(=O)(=O)c1ccc(C(C)C)cc1. The number of hydrogen-bond acceptors (Lipinski definition) is 4. The molecule has 24 heavy (non-hydrogen) atoms. The van der Waals surface area contributed by atoms with Gasteiger partial charge in [0.2, 0.25) is 10.0 Å². The van der Waals surface area contributed by atoms with Crippen LogP contribution in [0.1, 0.15) is 61.2 Å². The van der Waals surface area contributed by atoms with Gasteiger partial charge in [0.15, 0.2) is 0 Å². The van der Waals surface area contributed by atoms with Gasteiger partial charge in [-0.25, -0.2) is 8.42 Å². The molecule has 1 atom stereocenters. The Morgan fingerprint density at radius 1 is 1.21 bits per heavy atom.